The standard InChI is InChI=1S/C29H31N/c1-7-8-14-21-22-15-9-10-16-23(22)28(2,3)24(21)18-13-20-27-29(4,5)25-17-11-12-19-26(25)30(27)6/h9-13,15-20H,14H2,1-6H3. The van der Waals surface area contributed by atoms with Crippen molar-refractivity contribution in [3.05, 3.63) is 94.7 Å². The van der Waals surface area contributed by atoms with Crippen LogP contribution in [0, 0.1) is 11.8 Å². The van der Waals surface area contributed by atoms with Crippen LogP contribution in [-0.2, 0) is 10.8 Å². The van der Waals surface area contributed by atoms with Crippen molar-refractivity contribution >= 4 is 11.3 Å². The lowest BCUT2D eigenvalue weighted by molar-refractivity contribution is 0.640. The summed E-state index contributed by atoms with van der Waals surface area (Å²) in [5.74, 6) is 6.37. The number of likely N-dealkylation sites (N-methyl/N-ethyl adjacent to an activating group) is 1. The van der Waals surface area contributed by atoms with E-state index in [9.17, 15) is 0 Å². The number of benzene rings is 2. The smallest absolute Gasteiger partial charge is 0.0447 e. The lowest BCUT2D eigenvalue weighted by Crippen LogP contribution is -2.22. The molecule has 2 aliphatic rings. The van der Waals surface area contributed by atoms with Gasteiger partial charge in [-0.2, -0.15) is 0 Å². The van der Waals surface area contributed by atoms with Gasteiger partial charge >= 0.3 is 0 Å². The van der Waals surface area contributed by atoms with Gasteiger partial charge in [-0.15, -0.1) is 5.92 Å². The van der Waals surface area contributed by atoms with Crippen LogP contribution in [0.1, 0.15) is 57.7 Å². The number of anilines is 1. The molecular formula is C29H31N. The second-order valence-corrected chi connectivity index (χ2v) is 9.28. The van der Waals surface area contributed by atoms with E-state index < -0.39 is 0 Å². The Balaban J connectivity index is 1.75. The topological polar surface area (TPSA) is 3.24 Å². The van der Waals surface area contributed by atoms with E-state index in [0.29, 0.717) is 0 Å². The molecule has 1 aliphatic heterocycles. The molecule has 0 aromatic heterocycles. The Hall–Kier alpha value is -2.98. The number of fused-ring (bicyclic) bond motifs is 2. The molecule has 1 aliphatic carbocycles. The van der Waals surface area contributed by atoms with E-state index in [-0.39, 0.29) is 10.8 Å². The van der Waals surface area contributed by atoms with Crippen molar-refractivity contribution < 1.29 is 0 Å². The molecule has 4 rings (SSSR count). The van der Waals surface area contributed by atoms with E-state index in [1.807, 2.05) is 6.92 Å². The molecule has 0 fully saturated rings. The molecule has 0 amide bonds. The van der Waals surface area contributed by atoms with Crippen molar-refractivity contribution in [3.63, 3.8) is 0 Å². The zero-order chi connectivity index (χ0) is 21.5. The van der Waals surface area contributed by atoms with Crippen LogP contribution in [0.3, 0.4) is 0 Å². The second-order valence-electron chi connectivity index (χ2n) is 9.28. The van der Waals surface area contributed by atoms with Crippen molar-refractivity contribution in [1.82, 2.24) is 0 Å². The molecule has 0 N–H and O–H groups in total. The minimum atomic E-state index is -0.0174. The average molecular weight is 394 g/mol. The minimum absolute atomic E-state index is 0.00522. The summed E-state index contributed by atoms with van der Waals surface area (Å²) in [6.07, 6.45) is 7.63. The van der Waals surface area contributed by atoms with Gasteiger partial charge in [0.05, 0.1) is 0 Å². The summed E-state index contributed by atoms with van der Waals surface area (Å²) < 4.78 is 0. The number of allylic oxidation sites excluding steroid dienone is 6. The molecular weight excluding hydrogens is 362 g/mol. The Bertz CT molecular complexity index is 1140. The predicted octanol–water partition coefficient (Wildman–Crippen LogP) is 7.01. The highest BCUT2D eigenvalue weighted by molar-refractivity contribution is 5.83. The first-order valence-electron chi connectivity index (χ1n) is 10.8. The van der Waals surface area contributed by atoms with Gasteiger partial charge in [0.25, 0.3) is 0 Å². The fraction of sp³-hybridized carbons (Fsp3) is 0.310. The maximum absolute atomic E-state index is 3.30. The van der Waals surface area contributed by atoms with Crippen LogP contribution in [0.2, 0.25) is 0 Å². The molecule has 2 aromatic carbocycles. The van der Waals surface area contributed by atoms with E-state index in [0.717, 1.165) is 6.42 Å². The van der Waals surface area contributed by atoms with E-state index >= 15 is 0 Å². The first-order valence-corrected chi connectivity index (χ1v) is 10.8. The number of rotatable bonds is 3. The molecule has 152 valence electrons. The average Bonchev–Trinajstić information content (AvgIpc) is 3.06. The number of para-hydroxylation sites is 1. The molecule has 0 saturated heterocycles. The lowest BCUT2D eigenvalue weighted by Gasteiger charge is -2.24. The Labute approximate surface area is 181 Å². The highest BCUT2D eigenvalue weighted by atomic mass is 15.2. The van der Waals surface area contributed by atoms with Gasteiger partial charge in [0.1, 0.15) is 0 Å². The third-order valence-corrected chi connectivity index (χ3v) is 6.82. The first kappa shape index (κ1) is 20.3. The molecule has 1 nitrogen and oxygen atoms in total. The van der Waals surface area contributed by atoms with Crippen molar-refractivity contribution in [3.8, 4) is 11.8 Å². The fourth-order valence-electron chi connectivity index (χ4n) is 5.17. The lowest BCUT2D eigenvalue weighted by atomic mass is 9.80. The third-order valence-electron chi connectivity index (χ3n) is 6.82. The fourth-order valence-corrected chi connectivity index (χ4v) is 5.17. The summed E-state index contributed by atoms with van der Waals surface area (Å²) in [6.45, 7) is 11.2. The van der Waals surface area contributed by atoms with Crippen LogP contribution in [0.15, 0.2) is 78.0 Å². The van der Waals surface area contributed by atoms with Crippen LogP contribution < -0.4 is 4.90 Å². The molecule has 30 heavy (non-hydrogen) atoms. The van der Waals surface area contributed by atoms with Crippen LogP contribution in [0.5, 0.6) is 0 Å². The Kier molecular flexibility index (Phi) is 4.99. The maximum atomic E-state index is 3.30. The zero-order valence-corrected chi connectivity index (χ0v) is 19.0. The summed E-state index contributed by atoms with van der Waals surface area (Å²) in [5, 5.41) is 0. The first-order chi connectivity index (χ1) is 14.3. The van der Waals surface area contributed by atoms with E-state index in [2.05, 4.69) is 118 Å². The number of hydrogen-bond donors (Lipinski definition) is 0. The Morgan fingerprint density at radius 2 is 1.57 bits per heavy atom. The summed E-state index contributed by atoms with van der Waals surface area (Å²) >= 11 is 0. The third kappa shape index (κ3) is 3.03. The van der Waals surface area contributed by atoms with Crippen LogP contribution in [0.25, 0.3) is 5.57 Å². The molecule has 0 atom stereocenters. The summed E-state index contributed by atoms with van der Waals surface area (Å²) in [5.41, 5.74) is 9.47. The molecule has 0 unspecified atom stereocenters. The maximum Gasteiger partial charge on any atom is 0.0447 e. The number of nitrogens with zero attached hydrogens (tertiary/aromatic N) is 1. The molecule has 0 saturated carbocycles. The minimum Gasteiger partial charge on any atom is -0.347 e. The largest absolute Gasteiger partial charge is 0.347 e. The summed E-state index contributed by atoms with van der Waals surface area (Å²) in [6, 6.07) is 17.5. The normalized spacial score (nSPS) is 19.8. The van der Waals surface area contributed by atoms with Crippen molar-refractivity contribution in [1.29, 1.82) is 0 Å². The van der Waals surface area contributed by atoms with E-state index in [4.69, 9.17) is 0 Å². The van der Waals surface area contributed by atoms with Gasteiger partial charge in [-0.05, 0) is 46.9 Å². The molecule has 0 spiro atoms. The van der Waals surface area contributed by atoms with Gasteiger partial charge in [-0.3, -0.25) is 0 Å². The monoisotopic (exact) mass is 393 g/mol. The molecule has 1 heteroatoms. The quantitative estimate of drug-likeness (QED) is 0.507. The highest BCUT2D eigenvalue weighted by Crippen LogP contribution is 2.49. The van der Waals surface area contributed by atoms with Gasteiger partial charge in [-0.25, -0.2) is 0 Å². The van der Waals surface area contributed by atoms with Crippen LogP contribution >= 0.6 is 0 Å². The zero-order valence-electron chi connectivity index (χ0n) is 19.0. The SMILES string of the molecule is CC#CCC1=C(C=CC=C2N(C)c3ccccc3C2(C)C)C(C)(C)c2ccccc21. The number of hydrogen-bond acceptors (Lipinski definition) is 1. The summed E-state index contributed by atoms with van der Waals surface area (Å²) in [7, 11) is 2.17. The Morgan fingerprint density at radius 1 is 0.900 bits per heavy atom. The van der Waals surface area contributed by atoms with Gasteiger partial charge in [0, 0.05) is 35.7 Å². The second kappa shape index (κ2) is 7.37. The van der Waals surface area contributed by atoms with Crippen LogP contribution in [0.4, 0.5) is 5.69 Å². The summed E-state index contributed by atoms with van der Waals surface area (Å²) in [4.78, 5) is 2.33. The molecule has 0 bridgehead atoms. The molecule has 2 aromatic rings. The molecule has 0 radical (unpaired) electrons. The molecule has 1 heterocycles. The van der Waals surface area contributed by atoms with E-state index in [1.54, 1.807) is 0 Å². The van der Waals surface area contributed by atoms with Gasteiger partial charge in [0.2, 0.25) is 0 Å². The highest BCUT2D eigenvalue weighted by Gasteiger charge is 2.38. The van der Waals surface area contributed by atoms with Crippen molar-refractivity contribution in [2.45, 2.75) is 51.9 Å². The van der Waals surface area contributed by atoms with Gasteiger partial charge < -0.3 is 4.90 Å². The Morgan fingerprint density at radius 3 is 2.27 bits per heavy atom. The van der Waals surface area contributed by atoms with Gasteiger partial charge in [-0.1, -0.05) is 88.2 Å². The van der Waals surface area contributed by atoms with Crippen molar-refractivity contribution in [2.24, 2.45) is 0 Å². The van der Waals surface area contributed by atoms with Crippen molar-refractivity contribution in [2.75, 3.05) is 11.9 Å². The van der Waals surface area contributed by atoms with Crippen LogP contribution in [-0.4, -0.2) is 7.05 Å². The van der Waals surface area contributed by atoms with E-state index in [1.165, 1.54) is 39.2 Å². The van der Waals surface area contributed by atoms with Gasteiger partial charge in [0.15, 0.2) is 0 Å². The predicted molar refractivity (Wildman–Crippen MR) is 130 cm³/mol.